The second-order valence-corrected chi connectivity index (χ2v) is 3.00. The first-order valence-corrected chi connectivity index (χ1v) is 4.59. The topological polar surface area (TPSA) is 23.8 Å². The fourth-order valence-corrected chi connectivity index (χ4v) is 1.31. The van der Waals surface area contributed by atoms with E-state index < -0.39 is 0 Å². The Balaban J connectivity index is 2.99. The number of nitriles is 1. The fraction of sp³-hybridized carbons (Fsp3) is 0.222. The summed E-state index contributed by atoms with van der Waals surface area (Å²) in [4.78, 5) is 0. The lowest BCUT2D eigenvalue weighted by atomic mass is 10.1. The van der Waals surface area contributed by atoms with E-state index in [0.717, 1.165) is 11.1 Å². The van der Waals surface area contributed by atoms with Crippen molar-refractivity contribution >= 4 is 15.9 Å². The van der Waals surface area contributed by atoms with Crippen molar-refractivity contribution in [2.24, 2.45) is 0 Å². The predicted octanol–water partition coefficient (Wildman–Crippen LogP) is 2.79. The largest absolute Gasteiger partial charge is 0.207 e. The molecule has 12 heavy (non-hydrogen) atoms. The Labute approximate surface area is 79.0 Å². The van der Waals surface area contributed by atoms with E-state index in [1.165, 1.54) is 12.1 Å². The maximum absolute atomic E-state index is 12.8. The van der Waals surface area contributed by atoms with E-state index in [2.05, 4.69) is 15.9 Å². The molecule has 0 amide bonds. The van der Waals surface area contributed by atoms with Crippen molar-refractivity contribution < 1.29 is 4.39 Å². The first kappa shape index (κ1) is 9.21. The van der Waals surface area contributed by atoms with Crippen LogP contribution in [0.25, 0.3) is 0 Å². The van der Waals surface area contributed by atoms with Gasteiger partial charge in [-0.15, -0.1) is 0 Å². The molecule has 0 aliphatic heterocycles. The molecule has 0 saturated heterocycles. The Morgan fingerprint density at radius 2 is 2.00 bits per heavy atom. The van der Waals surface area contributed by atoms with E-state index in [9.17, 15) is 4.39 Å². The molecule has 0 aliphatic carbocycles. The molecule has 0 heterocycles. The minimum Gasteiger partial charge on any atom is -0.207 e. The molecule has 62 valence electrons. The number of benzene rings is 1. The van der Waals surface area contributed by atoms with Crippen LogP contribution in [0.15, 0.2) is 18.2 Å². The number of halogens is 2. The van der Waals surface area contributed by atoms with Crippen LogP contribution < -0.4 is 0 Å². The Hall–Kier alpha value is -0.880. The normalized spacial score (nSPS) is 9.42. The van der Waals surface area contributed by atoms with Gasteiger partial charge in [-0.25, -0.2) is 4.39 Å². The van der Waals surface area contributed by atoms with Crippen molar-refractivity contribution in [2.75, 3.05) is 0 Å². The summed E-state index contributed by atoms with van der Waals surface area (Å²) in [6, 6.07) is 6.64. The van der Waals surface area contributed by atoms with Gasteiger partial charge >= 0.3 is 0 Å². The van der Waals surface area contributed by atoms with Gasteiger partial charge in [0.2, 0.25) is 0 Å². The van der Waals surface area contributed by atoms with Crippen molar-refractivity contribution in [3.8, 4) is 6.07 Å². The summed E-state index contributed by atoms with van der Waals surface area (Å²) in [5, 5.41) is 9.00. The SMILES string of the molecule is N#CCc1cc(F)cc(CBr)c1. The zero-order valence-corrected chi connectivity index (χ0v) is 7.94. The summed E-state index contributed by atoms with van der Waals surface area (Å²) in [6.07, 6.45) is 0.262. The van der Waals surface area contributed by atoms with Gasteiger partial charge in [0.05, 0.1) is 12.5 Å². The zero-order valence-electron chi connectivity index (χ0n) is 6.35. The molecule has 0 aliphatic rings. The maximum Gasteiger partial charge on any atom is 0.123 e. The third kappa shape index (κ3) is 2.31. The molecule has 0 radical (unpaired) electrons. The average Bonchev–Trinajstić information content (AvgIpc) is 2.04. The van der Waals surface area contributed by atoms with E-state index >= 15 is 0 Å². The molecule has 0 atom stereocenters. The standard InChI is InChI=1S/C9H7BrFN/c10-6-8-3-7(1-2-12)4-9(11)5-8/h3-5H,1,6H2. The summed E-state index contributed by atoms with van der Waals surface area (Å²) >= 11 is 3.23. The van der Waals surface area contributed by atoms with E-state index in [4.69, 9.17) is 5.26 Å². The Morgan fingerprint density at radius 1 is 1.33 bits per heavy atom. The summed E-state index contributed by atoms with van der Waals surface area (Å²) in [5.74, 6) is -0.280. The predicted molar refractivity (Wildman–Crippen MR) is 48.3 cm³/mol. The van der Waals surface area contributed by atoms with Crippen LogP contribution in [0, 0.1) is 17.1 Å². The Kier molecular flexibility index (Phi) is 3.24. The molecule has 0 spiro atoms. The van der Waals surface area contributed by atoms with Crippen LogP contribution in [0.1, 0.15) is 11.1 Å². The Morgan fingerprint density at radius 3 is 2.58 bits per heavy atom. The van der Waals surface area contributed by atoms with Crippen molar-refractivity contribution in [3.05, 3.63) is 35.1 Å². The van der Waals surface area contributed by atoms with Crippen LogP contribution in [0.4, 0.5) is 4.39 Å². The van der Waals surface area contributed by atoms with Gasteiger partial charge in [-0.05, 0) is 23.3 Å². The first-order chi connectivity index (χ1) is 5.76. The lowest BCUT2D eigenvalue weighted by Crippen LogP contribution is -1.87. The summed E-state index contributed by atoms with van der Waals surface area (Å²) in [6.45, 7) is 0. The highest BCUT2D eigenvalue weighted by Crippen LogP contribution is 2.12. The Bertz CT molecular complexity index is 317. The number of hydrogen-bond acceptors (Lipinski definition) is 1. The molecular weight excluding hydrogens is 221 g/mol. The number of hydrogen-bond donors (Lipinski definition) is 0. The number of rotatable bonds is 2. The first-order valence-electron chi connectivity index (χ1n) is 3.47. The second kappa shape index (κ2) is 4.22. The van der Waals surface area contributed by atoms with Gasteiger partial charge in [0.25, 0.3) is 0 Å². The van der Waals surface area contributed by atoms with Gasteiger partial charge in [0.15, 0.2) is 0 Å². The molecule has 1 aromatic carbocycles. The van der Waals surface area contributed by atoms with Crippen molar-refractivity contribution in [1.29, 1.82) is 5.26 Å². The second-order valence-electron chi connectivity index (χ2n) is 2.44. The molecule has 1 nitrogen and oxygen atoms in total. The molecule has 1 aromatic rings. The van der Waals surface area contributed by atoms with Crippen molar-refractivity contribution in [1.82, 2.24) is 0 Å². The highest BCUT2D eigenvalue weighted by atomic mass is 79.9. The minimum atomic E-state index is -0.280. The van der Waals surface area contributed by atoms with E-state index in [-0.39, 0.29) is 12.2 Å². The number of alkyl halides is 1. The van der Waals surface area contributed by atoms with Crippen LogP contribution in [0.5, 0.6) is 0 Å². The highest BCUT2D eigenvalue weighted by Gasteiger charge is 1.98. The van der Waals surface area contributed by atoms with Gasteiger partial charge in [-0.3, -0.25) is 0 Å². The van der Waals surface area contributed by atoms with E-state index in [1.807, 2.05) is 12.1 Å². The smallest absolute Gasteiger partial charge is 0.123 e. The van der Waals surface area contributed by atoms with Crippen molar-refractivity contribution in [2.45, 2.75) is 11.8 Å². The average molecular weight is 228 g/mol. The molecule has 0 unspecified atom stereocenters. The molecular formula is C9H7BrFN. The molecule has 0 saturated carbocycles. The molecule has 0 bridgehead atoms. The van der Waals surface area contributed by atoms with E-state index in [1.54, 1.807) is 0 Å². The van der Waals surface area contributed by atoms with E-state index in [0.29, 0.717) is 5.33 Å². The van der Waals surface area contributed by atoms with Gasteiger partial charge in [-0.1, -0.05) is 22.0 Å². The zero-order chi connectivity index (χ0) is 8.97. The molecule has 0 aromatic heterocycles. The lowest BCUT2D eigenvalue weighted by Gasteiger charge is -1.99. The monoisotopic (exact) mass is 227 g/mol. The third-order valence-electron chi connectivity index (χ3n) is 1.45. The van der Waals surface area contributed by atoms with Gasteiger partial charge < -0.3 is 0 Å². The highest BCUT2D eigenvalue weighted by molar-refractivity contribution is 9.08. The summed E-state index contributed by atoms with van der Waals surface area (Å²) in [5.41, 5.74) is 1.59. The van der Waals surface area contributed by atoms with Gasteiger partial charge in [0, 0.05) is 5.33 Å². The molecule has 0 fully saturated rings. The van der Waals surface area contributed by atoms with Crippen LogP contribution in [0.3, 0.4) is 0 Å². The molecule has 1 rings (SSSR count). The number of nitrogens with zero attached hydrogens (tertiary/aromatic N) is 1. The molecule has 3 heteroatoms. The maximum atomic E-state index is 12.8. The fourth-order valence-electron chi connectivity index (χ4n) is 0.988. The summed E-state index contributed by atoms with van der Waals surface area (Å²) in [7, 11) is 0. The van der Waals surface area contributed by atoms with Crippen LogP contribution in [0.2, 0.25) is 0 Å². The third-order valence-corrected chi connectivity index (χ3v) is 2.10. The lowest BCUT2D eigenvalue weighted by molar-refractivity contribution is 0.625. The minimum absolute atomic E-state index is 0.262. The van der Waals surface area contributed by atoms with Crippen LogP contribution >= 0.6 is 15.9 Å². The molecule has 0 N–H and O–H groups in total. The van der Waals surface area contributed by atoms with Crippen LogP contribution in [-0.4, -0.2) is 0 Å². The van der Waals surface area contributed by atoms with Gasteiger partial charge in [-0.2, -0.15) is 5.26 Å². The quantitative estimate of drug-likeness (QED) is 0.714. The van der Waals surface area contributed by atoms with Crippen molar-refractivity contribution in [3.63, 3.8) is 0 Å². The van der Waals surface area contributed by atoms with Gasteiger partial charge in [0.1, 0.15) is 5.82 Å². The summed E-state index contributed by atoms with van der Waals surface area (Å²) < 4.78 is 12.8. The van der Waals surface area contributed by atoms with Crippen LogP contribution in [-0.2, 0) is 11.8 Å².